The standard InChI is InChI=1S/C30H43FN4O5Si/c1-5-13-35-24-11-10-21(33-28(38)20-8-6-12-32-17-20)15-23(24)30(29(35)39)19(2)27(41(3,4)31)25(40-30)16-26(37)34-14-7-9-22(34)18-36/h5,10-11,15,19-20,22,25,27,32,36H,1,6-9,12-14,16-18H2,2-4H3,(H,33,38)/t19-,20?,22+,25+,27-,30+/m1/s1. The maximum atomic E-state index is 16.1. The first-order chi connectivity index (χ1) is 19.5. The van der Waals surface area contributed by atoms with E-state index in [-0.39, 0.29) is 49.3 Å². The van der Waals surface area contributed by atoms with Crippen LogP contribution in [0.4, 0.5) is 15.5 Å². The van der Waals surface area contributed by atoms with Crippen molar-refractivity contribution in [3.63, 3.8) is 0 Å². The molecule has 11 heteroatoms. The summed E-state index contributed by atoms with van der Waals surface area (Å²) in [7, 11) is -3.44. The summed E-state index contributed by atoms with van der Waals surface area (Å²) in [5, 5.41) is 16.0. The molecule has 9 nitrogen and oxygen atoms in total. The summed E-state index contributed by atoms with van der Waals surface area (Å²) < 4.78 is 22.8. The summed E-state index contributed by atoms with van der Waals surface area (Å²) in [6, 6.07) is 5.13. The van der Waals surface area contributed by atoms with Gasteiger partial charge in [0.1, 0.15) is 0 Å². The number of fused-ring (bicyclic) bond motifs is 2. The van der Waals surface area contributed by atoms with E-state index in [1.807, 2.05) is 6.92 Å². The number of nitrogens with zero attached hydrogens (tertiary/aromatic N) is 2. The van der Waals surface area contributed by atoms with Crippen molar-refractivity contribution in [2.24, 2.45) is 11.8 Å². The van der Waals surface area contributed by atoms with Crippen molar-refractivity contribution in [2.75, 3.05) is 43.0 Å². The largest absolute Gasteiger partial charge is 0.394 e. The van der Waals surface area contributed by atoms with Crippen molar-refractivity contribution >= 4 is 37.5 Å². The van der Waals surface area contributed by atoms with Gasteiger partial charge >= 0.3 is 0 Å². The number of rotatable bonds is 8. The molecule has 3 saturated heterocycles. The van der Waals surface area contributed by atoms with E-state index in [4.69, 9.17) is 4.74 Å². The topological polar surface area (TPSA) is 111 Å². The highest BCUT2D eigenvalue weighted by molar-refractivity contribution is 6.72. The van der Waals surface area contributed by atoms with Crippen molar-refractivity contribution in [3.05, 3.63) is 36.4 Å². The highest BCUT2D eigenvalue weighted by Crippen LogP contribution is 2.60. The molecule has 4 aliphatic heterocycles. The monoisotopic (exact) mass is 586 g/mol. The average molecular weight is 587 g/mol. The van der Waals surface area contributed by atoms with Crippen LogP contribution < -0.4 is 15.5 Å². The molecule has 6 atom stereocenters. The molecule has 1 aromatic carbocycles. The van der Waals surface area contributed by atoms with E-state index in [1.165, 1.54) is 0 Å². The first-order valence-electron chi connectivity index (χ1n) is 14.9. The van der Waals surface area contributed by atoms with E-state index in [9.17, 15) is 19.5 Å². The zero-order valence-corrected chi connectivity index (χ0v) is 25.3. The van der Waals surface area contributed by atoms with Crippen molar-refractivity contribution in [3.8, 4) is 0 Å². The van der Waals surface area contributed by atoms with Gasteiger partial charge in [0.05, 0.1) is 36.8 Å². The lowest BCUT2D eigenvalue weighted by Gasteiger charge is -2.31. The number of carbonyl (C=O) groups is 3. The number of aliphatic hydroxyl groups excluding tert-OH is 1. The van der Waals surface area contributed by atoms with Gasteiger partial charge in [0.2, 0.25) is 20.2 Å². The van der Waals surface area contributed by atoms with Gasteiger partial charge in [-0.05, 0) is 63.5 Å². The second-order valence-corrected chi connectivity index (χ2v) is 16.3. The van der Waals surface area contributed by atoms with Gasteiger partial charge in [-0.25, -0.2) is 0 Å². The quantitative estimate of drug-likeness (QED) is 0.245. The molecule has 3 N–H and O–H groups in total. The van der Waals surface area contributed by atoms with Crippen LogP contribution in [0.3, 0.4) is 0 Å². The Balaban J connectivity index is 1.51. The lowest BCUT2D eigenvalue weighted by Crippen LogP contribution is -2.45. The van der Waals surface area contributed by atoms with E-state index in [0.717, 1.165) is 32.2 Å². The summed E-state index contributed by atoms with van der Waals surface area (Å²) in [6.45, 7) is 11.1. The van der Waals surface area contributed by atoms with Gasteiger partial charge in [0.15, 0.2) is 5.60 Å². The zero-order valence-electron chi connectivity index (χ0n) is 24.3. The van der Waals surface area contributed by atoms with Crippen molar-refractivity contribution < 1.29 is 28.3 Å². The van der Waals surface area contributed by atoms with E-state index in [1.54, 1.807) is 47.2 Å². The van der Waals surface area contributed by atoms with E-state index < -0.39 is 31.6 Å². The molecule has 0 bridgehead atoms. The Morgan fingerprint density at radius 1 is 1.32 bits per heavy atom. The molecule has 224 valence electrons. The number of carbonyl (C=O) groups excluding carboxylic acids is 3. The first-order valence-corrected chi connectivity index (χ1v) is 17.8. The highest BCUT2D eigenvalue weighted by Gasteiger charge is 2.67. The molecule has 0 aliphatic carbocycles. The van der Waals surface area contributed by atoms with E-state index >= 15 is 4.11 Å². The summed E-state index contributed by atoms with van der Waals surface area (Å²) in [4.78, 5) is 44.0. The SMILES string of the molecule is C=CCN1C(=O)[C@@]2(O[C@@H](CC(=O)N3CCC[C@H]3CO)[C@H]([Si](C)(C)F)[C@H]2C)c2cc(NC(=O)C3CCCNC3)ccc21. The molecule has 1 unspecified atom stereocenters. The zero-order chi connectivity index (χ0) is 29.5. The molecule has 4 heterocycles. The average Bonchev–Trinajstić information content (AvgIpc) is 3.60. The number of benzene rings is 1. The number of piperidine rings is 1. The van der Waals surface area contributed by atoms with Crippen molar-refractivity contribution in [2.45, 2.75) is 75.4 Å². The highest BCUT2D eigenvalue weighted by atomic mass is 28.4. The summed E-state index contributed by atoms with van der Waals surface area (Å²) in [6.07, 6.45) is 4.07. The third-order valence-corrected chi connectivity index (χ3v) is 11.9. The van der Waals surface area contributed by atoms with Gasteiger partial charge in [0, 0.05) is 42.3 Å². The molecule has 3 amide bonds. The van der Waals surface area contributed by atoms with Crippen LogP contribution in [0.15, 0.2) is 30.9 Å². The number of amides is 3. The van der Waals surface area contributed by atoms with Gasteiger partial charge in [-0.3, -0.25) is 14.4 Å². The van der Waals surface area contributed by atoms with Gasteiger partial charge in [-0.15, -0.1) is 6.58 Å². The molecular formula is C30H43FN4O5Si. The molecular weight excluding hydrogens is 543 g/mol. The molecule has 4 aliphatic rings. The summed E-state index contributed by atoms with van der Waals surface area (Å²) in [5.41, 5.74) is -0.321. The second kappa shape index (κ2) is 11.6. The Morgan fingerprint density at radius 2 is 2.10 bits per heavy atom. The smallest absolute Gasteiger partial charge is 0.264 e. The Morgan fingerprint density at radius 3 is 2.76 bits per heavy atom. The van der Waals surface area contributed by atoms with Crippen LogP contribution in [-0.4, -0.2) is 81.1 Å². The maximum Gasteiger partial charge on any atom is 0.264 e. The van der Waals surface area contributed by atoms with Gasteiger partial charge in [-0.2, -0.15) is 0 Å². The molecule has 3 fully saturated rings. The Kier molecular flexibility index (Phi) is 8.44. The molecule has 5 rings (SSSR count). The third-order valence-electron chi connectivity index (χ3n) is 9.49. The van der Waals surface area contributed by atoms with Crippen molar-refractivity contribution in [1.82, 2.24) is 10.2 Å². The molecule has 0 aromatic heterocycles. The van der Waals surface area contributed by atoms with Crippen LogP contribution in [0.1, 0.15) is 44.6 Å². The predicted octanol–water partition coefficient (Wildman–Crippen LogP) is 3.31. The minimum absolute atomic E-state index is 0.0528. The normalized spacial score (nSPS) is 31.5. The van der Waals surface area contributed by atoms with Gasteiger partial charge in [0.25, 0.3) is 5.91 Å². The molecule has 41 heavy (non-hydrogen) atoms. The first kappa shape index (κ1) is 29.9. The van der Waals surface area contributed by atoms with Crippen LogP contribution in [0.5, 0.6) is 0 Å². The number of anilines is 2. The van der Waals surface area contributed by atoms with Crippen LogP contribution in [0, 0.1) is 11.8 Å². The number of aliphatic hydroxyl groups is 1. The molecule has 0 radical (unpaired) electrons. The number of hydrogen-bond donors (Lipinski definition) is 3. The number of halogens is 1. The predicted molar refractivity (Wildman–Crippen MR) is 158 cm³/mol. The lowest BCUT2D eigenvalue weighted by atomic mass is 9.82. The van der Waals surface area contributed by atoms with E-state index in [2.05, 4.69) is 17.2 Å². The van der Waals surface area contributed by atoms with E-state index in [0.29, 0.717) is 30.0 Å². The van der Waals surface area contributed by atoms with Gasteiger partial charge < -0.3 is 34.4 Å². The van der Waals surface area contributed by atoms with Crippen LogP contribution in [0.2, 0.25) is 18.6 Å². The summed E-state index contributed by atoms with van der Waals surface area (Å²) >= 11 is 0. The van der Waals surface area contributed by atoms with Crippen LogP contribution >= 0.6 is 0 Å². The maximum absolute atomic E-state index is 16.1. The number of ether oxygens (including phenoxy) is 1. The number of hydrogen-bond acceptors (Lipinski definition) is 6. The fourth-order valence-corrected chi connectivity index (χ4v) is 10.1. The van der Waals surface area contributed by atoms with Crippen LogP contribution in [-0.2, 0) is 24.7 Å². The number of nitrogens with one attached hydrogen (secondary N) is 2. The Labute approximate surface area is 242 Å². The molecule has 1 aromatic rings. The van der Waals surface area contributed by atoms with Crippen LogP contribution in [0.25, 0.3) is 0 Å². The molecule has 1 spiro atoms. The summed E-state index contributed by atoms with van der Waals surface area (Å²) in [5.74, 6) is -1.25. The Bertz CT molecular complexity index is 1200. The Hall–Kier alpha value is -2.60. The third kappa shape index (κ3) is 5.26. The van der Waals surface area contributed by atoms with Gasteiger partial charge in [-0.1, -0.05) is 13.0 Å². The lowest BCUT2D eigenvalue weighted by molar-refractivity contribution is -0.149. The fraction of sp³-hybridized carbons (Fsp3) is 0.633. The molecule has 0 saturated carbocycles. The number of likely N-dealkylation sites (tertiary alicyclic amines) is 1. The minimum Gasteiger partial charge on any atom is -0.394 e. The minimum atomic E-state index is -3.44. The van der Waals surface area contributed by atoms with Crippen molar-refractivity contribution in [1.29, 1.82) is 0 Å². The fourth-order valence-electron chi connectivity index (χ4n) is 7.60. The second-order valence-electron chi connectivity index (χ2n) is 12.5.